The van der Waals surface area contributed by atoms with Crippen molar-refractivity contribution in [3.63, 3.8) is 0 Å². The van der Waals surface area contributed by atoms with Crippen LogP contribution in [-0.2, 0) is 14.8 Å². The van der Waals surface area contributed by atoms with Gasteiger partial charge in [-0.1, -0.05) is 29.8 Å². The molecule has 3 rings (SSSR count). The Labute approximate surface area is 177 Å². The largest absolute Gasteiger partial charge is 0.481 e. The lowest BCUT2D eigenvalue weighted by Crippen LogP contribution is -2.30. The van der Waals surface area contributed by atoms with Gasteiger partial charge in [0.2, 0.25) is 0 Å². The van der Waals surface area contributed by atoms with E-state index in [1.165, 1.54) is 12.1 Å². The van der Waals surface area contributed by atoms with Crippen LogP contribution in [0.25, 0.3) is 0 Å². The molecule has 0 aliphatic heterocycles. The van der Waals surface area contributed by atoms with Gasteiger partial charge < -0.3 is 10.1 Å². The van der Waals surface area contributed by atoms with E-state index >= 15 is 0 Å². The van der Waals surface area contributed by atoms with Gasteiger partial charge in [0.05, 0.1) is 4.90 Å². The molecule has 0 heterocycles. The molecule has 0 saturated heterocycles. The molecule has 0 bridgehead atoms. The third kappa shape index (κ3) is 5.61. The summed E-state index contributed by atoms with van der Waals surface area (Å²) >= 11 is 0. The van der Waals surface area contributed by atoms with E-state index in [4.69, 9.17) is 4.74 Å². The van der Waals surface area contributed by atoms with Crippen LogP contribution in [0.15, 0.2) is 77.7 Å². The summed E-state index contributed by atoms with van der Waals surface area (Å²) in [6.45, 7) is 5.51. The molecule has 156 valence electrons. The van der Waals surface area contributed by atoms with Crippen LogP contribution in [0.2, 0.25) is 0 Å². The third-order valence-corrected chi connectivity index (χ3v) is 5.80. The zero-order chi connectivity index (χ0) is 21.7. The summed E-state index contributed by atoms with van der Waals surface area (Å²) in [5.74, 6) is 0.274. The molecule has 0 fully saturated rings. The fraction of sp³-hybridized carbons (Fsp3) is 0.174. The van der Waals surface area contributed by atoms with Crippen LogP contribution in [0.1, 0.15) is 18.1 Å². The van der Waals surface area contributed by atoms with Gasteiger partial charge in [0, 0.05) is 11.4 Å². The smallest absolute Gasteiger partial charge is 0.265 e. The van der Waals surface area contributed by atoms with Crippen LogP contribution in [0.5, 0.6) is 5.75 Å². The predicted molar refractivity (Wildman–Crippen MR) is 118 cm³/mol. The molecule has 0 unspecified atom stereocenters. The first-order valence-electron chi connectivity index (χ1n) is 9.47. The van der Waals surface area contributed by atoms with E-state index in [0.717, 1.165) is 11.1 Å². The van der Waals surface area contributed by atoms with Crippen molar-refractivity contribution >= 4 is 27.3 Å². The normalized spacial score (nSPS) is 12.1. The highest BCUT2D eigenvalue weighted by Gasteiger charge is 2.17. The number of ether oxygens (including phenoxy) is 1. The van der Waals surface area contributed by atoms with Crippen LogP contribution in [-0.4, -0.2) is 20.4 Å². The topological polar surface area (TPSA) is 84.5 Å². The molecule has 0 saturated carbocycles. The highest BCUT2D eigenvalue weighted by molar-refractivity contribution is 7.92. The highest BCUT2D eigenvalue weighted by atomic mass is 32.2. The Hall–Kier alpha value is -3.32. The number of amides is 1. The number of hydrogen-bond acceptors (Lipinski definition) is 4. The number of nitrogens with one attached hydrogen (secondary N) is 2. The number of benzene rings is 3. The molecule has 6 nitrogen and oxygen atoms in total. The summed E-state index contributed by atoms with van der Waals surface area (Å²) in [4.78, 5) is 12.5. The molecular formula is C23H24N2O4S. The number of carbonyl (C=O) groups is 1. The Morgan fingerprint density at radius 2 is 1.53 bits per heavy atom. The molecule has 2 N–H and O–H groups in total. The Bertz CT molecular complexity index is 1120. The molecular weight excluding hydrogens is 400 g/mol. The number of rotatable bonds is 7. The van der Waals surface area contributed by atoms with Gasteiger partial charge in [-0.15, -0.1) is 0 Å². The quantitative estimate of drug-likeness (QED) is 0.584. The van der Waals surface area contributed by atoms with Crippen molar-refractivity contribution in [3.05, 3.63) is 83.9 Å². The SMILES string of the molecule is Cc1ccc(O[C@H](C)C(=O)Nc2ccc(S(=O)(=O)Nc3cccc(C)c3)cc2)cc1. The summed E-state index contributed by atoms with van der Waals surface area (Å²) < 4.78 is 33.3. The lowest BCUT2D eigenvalue weighted by atomic mass is 10.2. The number of anilines is 2. The van der Waals surface area contributed by atoms with Gasteiger partial charge in [-0.2, -0.15) is 0 Å². The molecule has 30 heavy (non-hydrogen) atoms. The Kier molecular flexibility index (Phi) is 6.42. The molecule has 7 heteroatoms. The summed E-state index contributed by atoms with van der Waals surface area (Å²) in [5, 5.41) is 2.73. The first-order chi connectivity index (χ1) is 14.2. The van der Waals surface area contributed by atoms with E-state index in [1.54, 1.807) is 49.4 Å². The maximum Gasteiger partial charge on any atom is 0.265 e. The predicted octanol–water partition coefficient (Wildman–Crippen LogP) is 4.51. The molecule has 1 amide bonds. The minimum Gasteiger partial charge on any atom is -0.481 e. The first kappa shape index (κ1) is 21.4. The van der Waals surface area contributed by atoms with Gasteiger partial charge in [0.1, 0.15) is 5.75 Å². The van der Waals surface area contributed by atoms with E-state index < -0.39 is 16.1 Å². The van der Waals surface area contributed by atoms with E-state index in [2.05, 4.69) is 10.0 Å². The zero-order valence-corrected chi connectivity index (χ0v) is 17.9. The van der Waals surface area contributed by atoms with Gasteiger partial charge in [0.25, 0.3) is 15.9 Å². The standard InChI is InChI=1S/C23H24N2O4S/c1-16-7-11-21(12-8-16)29-18(3)23(26)24-19-9-13-22(14-10-19)30(27,28)25-20-6-4-5-17(2)15-20/h4-15,18,25H,1-3H3,(H,24,26)/t18-/m1/s1. The lowest BCUT2D eigenvalue weighted by Gasteiger charge is -2.15. The van der Waals surface area contributed by atoms with Gasteiger partial charge in [0.15, 0.2) is 6.10 Å². The number of aryl methyl sites for hydroxylation is 2. The average molecular weight is 425 g/mol. The summed E-state index contributed by atoms with van der Waals surface area (Å²) in [7, 11) is -3.72. The first-order valence-corrected chi connectivity index (χ1v) is 10.9. The second-order valence-corrected chi connectivity index (χ2v) is 8.74. The molecule has 0 aliphatic carbocycles. The fourth-order valence-electron chi connectivity index (χ4n) is 2.76. The average Bonchev–Trinajstić information content (AvgIpc) is 2.70. The lowest BCUT2D eigenvalue weighted by molar-refractivity contribution is -0.122. The molecule has 1 atom stereocenters. The van der Waals surface area contributed by atoms with Crippen molar-refractivity contribution < 1.29 is 17.9 Å². The van der Waals surface area contributed by atoms with Crippen LogP contribution in [0, 0.1) is 13.8 Å². The summed E-state index contributed by atoms with van der Waals surface area (Å²) in [6.07, 6.45) is -0.709. The van der Waals surface area contributed by atoms with E-state index in [0.29, 0.717) is 17.1 Å². The van der Waals surface area contributed by atoms with Crippen molar-refractivity contribution in [2.45, 2.75) is 31.8 Å². The summed E-state index contributed by atoms with van der Waals surface area (Å²) in [5.41, 5.74) is 3.03. The van der Waals surface area contributed by atoms with Gasteiger partial charge in [-0.05, 0) is 74.9 Å². The van der Waals surface area contributed by atoms with Crippen molar-refractivity contribution in [1.29, 1.82) is 0 Å². The molecule has 0 aromatic heterocycles. The second-order valence-electron chi connectivity index (χ2n) is 7.06. The summed E-state index contributed by atoms with van der Waals surface area (Å²) in [6, 6.07) is 20.5. The fourth-order valence-corrected chi connectivity index (χ4v) is 3.81. The third-order valence-electron chi connectivity index (χ3n) is 4.41. The highest BCUT2D eigenvalue weighted by Crippen LogP contribution is 2.20. The van der Waals surface area contributed by atoms with Crippen molar-refractivity contribution in [1.82, 2.24) is 0 Å². The molecule has 3 aromatic carbocycles. The maximum absolute atomic E-state index is 12.6. The molecule has 0 spiro atoms. The molecule has 3 aromatic rings. The Morgan fingerprint density at radius 3 is 2.17 bits per heavy atom. The van der Waals surface area contributed by atoms with E-state index in [-0.39, 0.29) is 10.8 Å². The van der Waals surface area contributed by atoms with Gasteiger partial charge >= 0.3 is 0 Å². The molecule has 0 aliphatic rings. The van der Waals surface area contributed by atoms with Crippen molar-refractivity contribution in [3.8, 4) is 5.75 Å². The Balaban J connectivity index is 1.63. The second kappa shape index (κ2) is 9.00. The van der Waals surface area contributed by atoms with E-state index in [1.807, 2.05) is 32.0 Å². The minimum atomic E-state index is -3.72. The van der Waals surface area contributed by atoms with Gasteiger partial charge in [-0.25, -0.2) is 8.42 Å². The molecule has 0 radical (unpaired) electrons. The zero-order valence-electron chi connectivity index (χ0n) is 17.0. The monoisotopic (exact) mass is 424 g/mol. The van der Waals surface area contributed by atoms with E-state index in [9.17, 15) is 13.2 Å². The van der Waals surface area contributed by atoms with Gasteiger partial charge in [-0.3, -0.25) is 9.52 Å². The van der Waals surface area contributed by atoms with Crippen LogP contribution >= 0.6 is 0 Å². The van der Waals surface area contributed by atoms with Crippen molar-refractivity contribution in [2.24, 2.45) is 0 Å². The minimum absolute atomic E-state index is 0.103. The number of carbonyl (C=O) groups excluding carboxylic acids is 1. The maximum atomic E-state index is 12.6. The number of hydrogen-bond donors (Lipinski definition) is 2. The van der Waals surface area contributed by atoms with Crippen molar-refractivity contribution in [2.75, 3.05) is 10.0 Å². The number of sulfonamides is 1. The van der Waals surface area contributed by atoms with Crippen LogP contribution in [0.3, 0.4) is 0 Å². The van der Waals surface area contributed by atoms with Crippen LogP contribution < -0.4 is 14.8 Å². The Morgan fingerprint density at radius 1 is 0.867 bits per heavy atom. The van der Waals surface area contributed by atoms with Crippen LogP contribution in [0.4, 0.5) is 11.4 Å².